The molecule has 6 nitrogen and oxygen atoms in total. The molecule has 160 valence electrons. The van der Waals surface area contributed by atoms with Crippen LogP contribution in [0.5, 0.6) is 0 Å². The van der Waals surface area contributed by atoms with E-state index < -0.39 is 23.1 Å². The van der Waals surface area contributed by atoms with Crippen LogP contribution in [0.2, 0.25) is 0 Å². The van der Waals surface area contributed by atoms with Gasteiger partial charge in [0.05, 0.1) is 19.3 Å². The maximum Gasteiger partial charge on any atom is 0.319 e. The van der Waals surface area contributed by atoms with Gasteiger partial charge in [0.15, 0.2) is 0 Å². The van der Waals surface area contributed by atoms with Gasteiger partial charge in [0, 0.05) is 5.41 Å². The Balaban J connectivity index is 1.56. The molecule has 6 heteroatoms. The summed E-state index contributed by atoms with van der Waals surface area (Å²) in [5.41, 5.74) is 4.32. The molecule has 8 atom stereocenters. The van der Waals surface area contributed by atoms with Crippen LogP contribution >= 0.6 is 0 Å². The van der Waals surface area contributed by atoms with Crippen LogP contribution < -0.4 is 5.73 Å². The molecule has 0 aromatic carbocycles. The summed E-state index contributed by atoms with van der Waals surface area (Å²) in [7, 11) is 0. The highest BCUT2D eigenvalue weighted by Crippen LogP contribution is 2.71. The van der Waals surface area contributed by atoms with Gasteiger partial charge in [-0.1, -0.05) is 13.8 Å². The Morgan fingerprint density at radius 1 is 1.18 bits per heavy atom. The lowest BCUT2D eigenvalue weighted by molar-refractivity contribution is -0.181. The maximum absolute atomic E-state index is 11.5. The van der Waals surface area contributed by atoms with Crippen molar-refractivity contribution in [3.05, 3.63) is 0 Å². The minimum absolute atomic E-state index is 0.0244. The van der Waals surface area contributed by atoms with Crippen LogP contribution in [0, 0.1) is 34.0 Å². The number of aliphatic hydroxyl groups excluding tert-OH is 2. The summed E-state index contributed by atoms with van der Waals surface area (Å²) in [6, 6.07) is 0. The van der Waals surface area contributed by atoms with E-state index in [1.807, 2.05) is 0 Å². The second-order valence-corrected chi connectivity index (χ2v) is 11.0. The Morgan fingerprint density at radius 3 is 2.61 bits per heavy atom. The van der Waals surface area contributed by atoms with E-state index in [4.69, 9.17) is 10.5 Å². The number of aliphatic hydroxyl groups is 3. The lowest BCUT2D eigenvalue weighted by Gasteiger charge is -2.62. The Hall–Kier alpha value is -0.690. The molecule has 4 rings (SSSR count). The van der Waals surface area contributed by atoms with Crippen LogP contribution in [0.1, 0.15) is 65.2 Å². The van der Waals surface area contributed by atoms with Gasteiger partial charge in [-0.25, -0.2) is 0 Å². The number of nitrogens with two attached hydrogens (primary N) is 1. The van der Waals surface area contributed by atoms with Crippen molar-refractivity contribution >= 4 is 5.97 Å². The number of esters is 1. The third-order valence-electron chi connectivity index (χ3n) is 9.56. The topological polar surface area (TPSA) is 113 Å². The van der Waals surface area contributed by atoms with E-state index in [9.17, 15) is 20.1 Å². The minimum Gasteiger partial charge on any atom is -0.462 e. The molecule has 4 aliphatic carbocycles. The number of rotatable bonds is 4. The highest BCUT2D eigenvalue weighted by atomic mass is 16.5. The van der Waals surface area contributed by atoms with Crippen LogP contribution in [0.25, 0.3) is 0 Å². The van der Waals surface area contributed by atoms with E-state index in [1.165, 1.54) is 0 Å². The van der Waals surface area contributed by atoms with E-state index in [0.717, 1.165) is 44.9 Å². The first-order valence-corrected chi connectivity index (χ1v) is 11.0. The Kier molecular flexibility index (Phi) is 4.89. The monoisotopic (exact) mass is 395 g/mol. The van der Waals surface area contributed by atoms with Crippen molar-refractivity contribution in [3.8, 4) is 0 Å². The van der Waals surface area contributed by atoms with Crippen molar-refractivity contribution in [1.29, 1.82) is 0 Å². The predicted molar refractivity (Wildman–Crippen MR) is 104 cm³/mol. The first-order chi connectivity index (χ1) is 13.1. The van der Waals surface area contributed by atoms with Crippen LogP contribution in [0.4, 0.5) is 0 Å². The summed E-state index contributed by atoms with van der Waals surface area (Å²) in [5.74, 6) is 0.485. The summed E-state index contributed by atoms with van der Waals surface area (Å²) < 4.78 is 5.23. The molecule has 4 saturated carbocycles. The lowest BCUT2D eigenvalue weighted by Crippen LogP contribution is -2.58. The Bertz CT molecular complexity index is 642. The number of hydrogen-bond donors (Lipinski definition) is 4. The number of hydrogen-bond acceptors (Lipinski definition) is 6. The zero-order valence-corrected chi connectivity index (χ0v) is 17.3. The molecule has 1 spiro atoms. The van der Waals surface area contributed by atoms with Gasteiger partial charge in [-0.15, -0.1) is 0 Å². The largest absolute Gasteiger partial charge is 0.462 e. The van der Waals surface area contributed by atoms with Crippen molar-refractivity contribution < 1.29 is 24.9 Å². The fourth-order valence-corrected chi connectivity index (χ4v) is 7.89. The standard InChI is InChI=1S/C22H37NO5/c1-19-4-3-17(25)20(2,12-24)16(19)8-14-7-15-9-21(14,11-19)5-6-22(15,27)13-28-18(26)10-23/h14-17,24-25,27H,3-13,23H2,1-2H3. The Morgan fingerprint density at radius 2 is 1.93 bits per heavy atom. The average molecular weight is 396 g/mol. The van der Waals surface area contributed by atoms with Crippen LogP contribution in [-0.4, -0.2) is 52.8 Å². The molecular formula is C22H37NO5. The van der Waals surface area contributed by atoms with Crippen molar-refractivity contribution in [3.63, 3.8) is 0 Å². The number of carbonyl (C=O) groups excluding carboxylic acids is 1. The van der Waals surface area contributed by atoms with E-state index in [-0.39, 0.29) is 36.5 Å². The minimum atomic E-state index is -0.945. The van der Waals surface area contributed by atoms with Crippen molar-refractivity contribution in [2.75, 3.05) is 19.8 Å². The molecule has 0 heterocycles. The molecule has 0 aromatic heterocycles. The van der Waals surface area contributed by atoms with E-state index in [1.54, 1.807) is 0 Å². The van der Waals surface area contributed by atoms with Gasteiger partial charge in [-0.3, -0.25) is 4.79 Å². The van der Waals surface area contributed by atoms with Gasteiger partial charge in [-0.2, -0.15) is 0 Å². The number of ether oxygens (including phenoxy) is 1. The molecule has 5 N–H and O–H groups in total. The molecule has 2 bridgehead atoms. The highest BCUT2D eigenvalue weighted by molar-refractivity contribution is 5.71. The molecule has 28 heavy (non-hydrogen) atoms. The molecule has 0 amide bonds. The normalized spacial score (nSPS) is 52.6. The fourth-order valence-electron chi connectivity index (χ4n) is 7.89. The van der Waals surface area contributed by atoms with Gasteiger partial charge in [-0.05, 0) is 80.0 Å². The number of fused-ring (bicyclic) bond motifs is 2. The molecule has 4 fully saturated rings. The van der Waals surface area contributed by atoms with E-state index in [2.05, 4.69) is 13.8 Å². The zero-order chi connectivity index (χ0) is 20.4. The second-order valence-electron chi connectivity index (χ2n) is 11.0. The Labute approximate surface area is 167 Å². The average Bonchev–Trinajstić information content (AvgIpc) is 3.00. The molecule has 0 radical (unpaired) electrons. The molecule has 0 saturated heterocycles. The summed E-state index contributed by atoms with van der Waals surface area (Å²) in [5, 5.41) is 32.1. The van der Waals surface area contributed by atoms with Gasteiger partial charge < -0.3 is 25.8 Å². The lowest BCUT2D eigenvalue weighted by atomic mass is 9.44. The van der Waals surface area contributed by atoms with Crippen molar-refractivity contribution in [1.82, 2.24) is 0 Å². The summed E-state index contributed by atoms with van der Waals surface area (Å²) >= 11 is 0. The van der Waals surface area contributed by atoms with Gasteiger partial charge in [0.25, 0.3) is 0 Å². The first-order valence-electron chi connectivity index (χ1n) is 11.0. The molecule has 0 aliphatic heterocycles. The third-order valence-corrected chi connectivity index (χ3v) is 9.56. The van der Waals surface area contributed by atoms with Gasteiger partial charge in [0.2, 0.25) is 0 Å². The van der Waals surface area contributed by atoms with E-state index >= 15 is 0 Å². The molecule has 0 aromatic rings. The smallest absolute Gasteiger partial charge is 0.319 e. The van der Waals surface area contributed by atoms with Crippen LogP contribution in [-0.2, 0) is 9.53 Å². The SMILES string of the molecule is CC12CCC(O)C(C)(CO)C1CC1CC3CC1(CCC3(O)COC(=O)CN)C2. The van der Waals surface area contributed by atoms with Gasteiger partial charge in [0.1, 0.15) is 12.2 Å². The summed E-state index contributed by atoms with van der Waals surface area (Å²) in [6.45, 7) is 4.33. The molecule has 8 unspecified atom stereocenters. The van der Waals surface area contributed by atoms with Crippen molar-refractivity contribution in [2.45, 2.75) is 76.9 Å². The van der Waals surface area contributed by atoms with Crippen molar-refractivity contribution in [2.24, 2.45) is 39.7 Å². The zero-order valence-electron chi connectivity index (χ0n) is 17.3. The quantitative estimate of drug-likeness (QED) is 0.538. The summed E-state index contributed by atoms with van der Waals surface area (Å²) in [6.07, 6.45) is 7.03. The maximum atomic E-state index is 11.5. The molecule has 4 aliphatic rings. The van der Waals surface area contributed by atoms with Gasteiger partial charge >= 0.3 is 5.97 Å². The third kappa shape index (κ3) is 2.86. The second kappa shape index (κ2) is 6.66. The van der Waals surface area contributed by atoms with Crippen LogP contribution in [0.3, 0.4) is 0 Å². The first kappa shape index (κ1) is 20.6. The summed E-state index contributed by atoms with van der Waals surface area (Å²) in [4.78, 5) is 11.5. The predicted octanol–water partition coefficient (Wildman–Crippen LogP) is 1.60. The number of carbonyl (C=O) groups is 1. The fraction of sp³-hybridized carbons (Fsp3) is 0.955. The van der Waals surface area contributed by atoms with Crippen LogP contribution in [0.15, 0.2) is 0 Å². The van der Waals surface area contributed by atoms with E-state index in [0.29, 0.717) is 18.3 Å². The molecular weight excluding hydrogens is 358 g/mol. The highest BCUT2D eigenvalue weighted by Gasteiger charge is 2.66.